The second-order valence-electron chi connectivity index (χ2n) is 5.30. The second-order valence-corrected chi connectivity index (χ2v) is 5.30. The first-order chi connectivity index (χ1) is 7.79. The fraction of sp³-hybridized carbons (Fsp3) is 1.00. The molecule has 1 unspecified atom stereocenters. The van der Waals surface area contributed by atoms with Crippen LogP contribution in [-0.2, 0) is 4.74 Å². The van der Waals surface area contributed by atoms with Crippen LogP contribution in [0.3, 0.4) is 0 Å². The Balaban J connectivity index is 1.50. The molecular weight excluding hydrogens is 200 g/mol. The zero-order valence-corrected chi connectivity index (χ0v) is 10.7. The predicted molar refractivity (Wildman–Crippen MR) is 66.7 cm³/mol. The highest BCUT2D eigenvalue weighted by molar-refractivity contribution is 4.83. The summed E-state index contributed by atoms with van der Waals surface area (Å²) in [6.45, 7) is 5.22. The standard InChI is InChI=1S/C13H26N2O/c1-3-13(10-14-11-4-5-11)16-9-8-15(2)12-6-7-12/h11-14H,3-10H2,1-2H3. The van der Waals surface area contributed by atoms with E-state index in [4.69, 9.17) is 4.74 Å². The molecule has 0 aromatic heterocycles. The third-order valence-corrected chi connectivity index (χ3v) is 3.63. The molecule has 0 radical (unpaired) electrons. The molecule has 0 heterocycles. The molecule has 2 saturated carbocycles. The molecule has 2 aliphatic rings. The molecule has 1 N–H and O–H groups in total. The lowest BCUT2D eigenvalue weighted by Gasteiger charge is -2.20. The topological polar surface area (TPSA) is 24.5 Å². The number of hydrogen-bond acceptors (Lipinski definition) is 3. The van der Waals surface area contributed by atoms with Crippen molar-refractivity contribution in [2.24, 2.45) is 0 Å². The summed E-state index contributed by atoms with van der Waals surface area (Å²) in [5, 5.41) is 3.54. The Labute approximate surface area is 99.5 Å². The minimum atomic E-state index is 0.410. The lowest BCUT2D eigenvalue weighted by Crippen LogP contribution is -2.33. The van der Waals surface area contributed by atoms with Crippen LogP contribution in [0, 0.1) is 0 Å². The zero-order valence-electron chi connectivity index (χ0n) is 10.7. The highest BCUT2D eigenvalue weighted by Gasteiger charge is 2.26. The van der Waals surface area contributed by atoms with Gasteiger partial charge < -0.3 is 15.0 Å². The molecule has 0 saturated heterocycles. The molecule has 3 nitrogen and oxygen atoms in total. The molecule has 0 aliphatic heterocycles. The molecule has 0 bridgehead atoms. The highest BCUT2D eigenvalue weighted by atomic mass is 16.5. The SMILES string of the molecule is CCC(CNC1CC1)OCCN(C)C1CC1. The van der Waals surface area contributed by atoms with E-state index in [-0.39, 0.29) is 0 Å². The Morgan fingerprint density at radius 3 is 2.62 bits per heavy atom. The van der Waals surface area contributed by atoms with Gasteiger partial charge in [-0.15, -0.1) is 0 Å². The largest absolute Gasteiger partial charge is 0.376 e. The van der Waals surface area contributed by atoms with Crippen molar-refractivity contribution < 1.29 is 4.74 Å². The zero-order chi connectivity index (χ0) is 11.4. The number of nitrogens with one attached hydrogen (secondary N) is 1. The van der Waals surface area contributed by atoms with Crippen LogP contribution in [0.1, 0.15) is 39.0 Å². The first-order valence-corrected chi connectivity index (χ1v) is 6.84. The van der Waals surface area contributed by atoms with Crippen LogP contribution in [0.2, 0.25) is 0 Å². The van der Waals surface area contributed by atoms with E-state index in [0.717, 1.165) is 38.2 Å². The molecule has 3 heteroatoms. The van der Waals surface area contributed by atoms with Crippen LogP contribution in [-0.4, -0.2) is 49.8 Å². The van der Waals surface area contributed by atoms with E-state index in [2.05, 4.69) is 24.2 Å². The molecule has 0 aromatic rings. The number of likely N-dealkylation sites (N-methyl/N-ethyl adjacent to an activating group) is 1. The monoisotopic (exact) mass is 226 g/mol. The maximum absolute atomic E-state index is 5.91. The third-order valence-electron chi connectivity index (χ3n) is 3.63. The molecule has 2 rings (SSSR count). The van der Waals surface area contributed by atoms with Gasteiger partial charge in [-0.05, 0) is 39.2 Å². The summed E-state index contributed by atoms with van der Waals surface area (Å²) < 4.78 is 5.91. The quantitative estimate of drug-likeness (QED) is 0.647. The Morgan fingerprint density at radius 2 is 2.06 bits per heavy atom. The summed E-state index contributed by atoms with van der Waals surface area (Å²) in [5.74, 6) is 0. The lowest BCUT2D eigenvalue weighted by atomic mass is 10.3. The summed E-state index contributed by atoms with van der Waals surface area (Å²) >= 11 is 0. The third kappa shape index (κ3) is 4.40. The van der Waals surface area contributed by atoms with E-state index >= 15 is 0 Å². The van der Waals surface area contributed by atoms with E-state index in [0.29, 0.717) is 6.10 Å². The summed E-state index contributed by atoms with van der Waals surface area (Å²) in [6, 6.07) is 1.65. The average Bonchev–Trinajstić information content (AvgIpc) is 3.17. The second kappa shape index (κ2) is 5.99. The summed E-state index contributed by atoms with van der Waals surface area (Å²) in [4.78, 5) is 2.43. The first-order valence-electron chi connectivity index (χ1n) is 6.84. The van der Waals surface area contributed by atoms with E-state index in [9.17, 15) is 0 Å². The molecule has 16 heavy (non-hydrogen) atoms. The van der Waals surface area contributed by atoms with Gasteiger partial charge in [0.15, 0.2) is 0 Å². The van der Waals surface area contributed by atoms with Gasteiger partial charge in [-0.25, -0.2) is 0 Å². The van der Waals surface area contributed by atoms with Gasteiger partial charge in [-0.3, -0.25) is 0 Å². The van der Waals surface area contributed by atoms with Crippen molar-refractivity contribution in [3.05, 3.63) is 0 Å². The normalized spacial score (nSPS) is 22.7. The Bertz CT molecular complexity index is 202. The summed E-state index contributed by atoms with van der Waals surface area (Å²) in [7, 11) is 2.21. The molecule has 2 aliphatic carbocycles. The van der Waals surface area contributed by atoms with Gasteiger partial charge in [0, 0.05) is 25.2 Å². The average molecular weight is 226 g/mol. The lowest BCUT2D eigenvalue weighted by molar-refractivity contribution is 0.0379. The minimum Gasteiger partial charge on any atom is -0.376 e. The van der Waals surface area contributed by atoms with Crippen molar-refractivity contribution in [3.63, 3.8) is 0 Å². The molecular formula is C13H26N2O. The highest BCUT2D eigenvalue weighted by Crippen LogP contribution is 2.24. The van der Waals surface area contributed by atoms with Crippen molar-refractivity contribution in [2.75, 3.05) is 26.7 Å². The molecule has 0 aromatic carbocycles. The Hall–Kier alpha value is -0.120. The molecule has 0 spiro atoms. The van der Waals surface area contributed by atoms with Gasteiger partial charge in [0.2, 0.25) is 0 Å². The van der Waals surface area contributed by atoms with Gasteiger partial charge in [0.05, 0.1) is 12.7 Å². The molecule has 2 fully saturated rings. The Morgan fingerprint density at radius 1 is 1.31 bits per heavy atom. The van der Waals surface area contributed by atoms with Crippen LogP contribution in [0.25, 0.3) is 0 Å². The van der Waals surface area contributed by atoms with Crippen LogP contribution in [0.15, 0.2) is 0 Å². The maximum atomic E-state index is 5.91. The summed E-state index contributed by atoms with van der Waals surface area (Å²) in [5.41, 5.74) is 0. The molecule has 0 amide bonds. The smallest absolute Gasteiger partial charge is 0.0697 e. The van der Waals surface area contributed by atoms with Crippen molar-refractivity contribution in [1.29, 1.82) is 0 Å². The van der Waals surface area contributed by atoms with Crippen LogP contribution in [0.5, 0.6) is 0 Å². The van der Waals surface area contributed by atoms with Gasteiger partial charge in [-0.2, -0.15) is 0 Å². The van der Waals surface area contributed by atoms with E-state index in [1.54, 1.807) is 0 Å². The fourth-order valence-corrected chi connectivity index (χ4v) is 1.97. The van der Waals surface area contributed by atoms with Crippen LogP contribution in [0.4, 0.5) is 0 Å². The predicted octanol–water partition coefficient (Wildman–Crippen LogP) is 1.63. The van der Waals surface area contributed by atoms with Crippen molar-refractivity contribution in [2.45, 2.75) is 57.2 Å². The van der Waals surface area contributed by atoms with Crippen molar-refractivity contribution in [1.82, 2.24) is 10.2 Å². The van der Waals surface area contributed by atoms with Gasteiger partial charge in [0.25, 0.3) is 0 Å². The van der Waals surface area contributed by atoms with Crippen molar-refractivity contribution >= 4 is 0 Å². The van der Waals surface area contributed by atoms with Crippen molar-refractivity contribution in [3.8, 4) is 0 Å². The number of nitrogens with zero attached hydrogens (tertiary/aromatic N) is 1. The van der Waals surface area contributed by atoms with E-state index < -0.39 is 0 Å². The molecule has 1 atom stereocenters. The molecule has 94 valence electrons. The van der Waals surface area contributed by atoms with Gasteiger partial charge in [-0.1, -0.05) is 6.92 Å². The van der Waals surface area contributed by atoms with Gasteiger partial charge in [0.1, 0.15) is 0 Å². The maximum Gasteiger partial charge on any atom is 0.0697 e. The number of rotatable bonds is 9. The number of ether oxygens (including phenoxy) is 1. The summed E-state index contributed by atoms with van der Waals surface area (Å²) in [6.07, 6.45) is 7.02. The van der Waals surface area contributed by atoms with Gasteiger partial charge >= 0.3 is 0 Å². The number of hydrogen-bond donors (Lipinski definition) is 1. The first kappa shape index (κ1) is 12.3. The van der Waals surface area contributed by atoms with E-state index in [1.807, 2.05) is 0 Å². The minimum absolute atomic E-state index is 0.410. The van der Waals surface area contributed by atoms with Crippen LogP contribution < -0.4 is 5.32 Å². The fourth-order valence-electron chi connectivity index (χ4n) is 1.97. The van der Waals surface area contributed by atoms with E-state index in [1.165, 1.54) is 25.7 Å². The Kier molecular flexibility index (Phi) is 4.62. The van der Waals surface area contributed by atoms with Crippen LogP contribution >= 0.6 is 0 Å².